The number of hydrogen-bond donors (Lipinski definition) is 2. The standard InChI is InChI=1S/C27H29ClN4O4S/c1-16(2)31-26(34)23-12-19(10-11-29-23)25(33)32-17(3)4-8-21-14-30-27(37-21)36-24-9-7-20(13-22(24)28)35-15-18-5-6-18/h4,7-14,16-18H,5-6,15H2,1-3H3,(H,31,34)(H,32,33)/t17-/m0/s1. The molecule has 0 radical (unpaired) electrons. The quantitative estimate of drug-likeness (QED) is 0.321. The van der Waals surface area contributed by atoms with Gasteiger partial charge >= 0.3 is 0 Å². The van der Waals surface area contributed by atoms with Crippen molar-refractivity contribution >= 4 is 40.8 Å². The number of pyridine rings is 1. The highest BCUT2D eigenvalue weighted by Gasteiger charge is 2.22. The number of nitrogens with one attached hydrogen (secondary N) is 2. The summed E-state index contributed by atoms with van der Waals surface area (Å²) in [5, 5.41) is 6.57. The van der Waals surface area contributed by atoms with Gasteiger partial charge in [-0.15, -0.1) is 0 Å². The van der Waals surface area contributed by atoms with E-state index >= 15 is 0 Å². The average Bonchev–Trinajstić information content (AvgIpc) is 3.59. The lowest BCUT2D eigenvalue weighted by Crippen LogP contribution is -2.33. The molecule has 0 spiro atoms. The first-order chi connectivity index (χ1) is 17.8. The SMILES string of the molecule is CC(C)NC(=O)c1cc(C(=O)N[C@@H](C)C=Cc2cnc(Oc3ccc(OCC4CC4)cc3Cl)s2)ccn1. The van der Waals surface area contributed by atoms with Gasteiger partial charge in [-0.2, -0.15) is 0 Å². The van der Waals surface area contributed by atoms with Crippen LogP contribution in [0.2, 0.25) is 5.02 Å². The zero-order valence-corrected chi connectivity index (χ0v) is 22.4. The van der Waals surface area contributed by atoms with Crippen LogP contribution in [-0.4, -0.2) is 40.5 Å². The van der Waals surface area contributed by atoms with E-state index in [0.29, 0.717) is 27.4 Å². The lowest BCUT2D eigenvalue weighted by Gasteiger charge is -2.11. The Balaban J connectivity index is 1.30. The summed E-state index contributed by atoms with van der Waals surface area (Å²) in [6.45, 7) is 6.29. The van der Waals surface area contributed by atoms with E-state index in [9.17, 15) is 9.59 Å². The van der Waals surface area contributed by atoms with Crippen molar-refractivity contribution in [3.05, 3.63) is 70.0 Å². The first-order valence-electron chi connectivity index (χ1n) is 12.1. The van der Waals surface area contributed by atoms with E-state index in [4.69, 9.17) is 21.1 Å². The van der Waals surface area contributed by atoms with Crippen LogP contribution < -0.4 is 20.1 Å². The maximum absolute atomic E-state index is 12.6. The Hall–Kier alpha value is -3.43. The predicted octanol–water partition coefficient (Wildman–Crippen LogP) is 5.74. The van der Waals surface area contributed by atoms with Gasteiger partial charge in [0.25, 0.3) is 17.0 Å². The Labute approximate surface area is 225 Å². The Morgan fingerprint density at radius 1 is 1.14 bits per heavy atom. The summed E-state index contributed by atoms with van der Waals surface area (Å²) in [4.78, 5) is 34.0. The lowest BCUT2D eigenvalue weighted by atomic mass is 10.2. The largest absolute Gasteiger partial charge is 0.493 e. The van der Waals surface area contributed by atoms with Crippen molar-refractivity contribution in [3.63, 3.8) is 0 Å². The highest BCUT2D eigenvalue weighted by molar-refractivity contribution is 7.14. The number of thiazole rings is 1. The summed E-state index contributed by atoms with van der Waals surface area (Å²) >= 11 is 7.71. The topological polar surface area (TPSA) is 102 Å². The van der Waals surface area contributed by atoms with Gasteiger partial charge in [0.05, 0.1) is 16.5 Å². The molecule has 8 nitrogen and oxygen atoms in total. The molecule has 4 rings (SSSR count). The molecule has 10 heteroatoms. The Morgan fingerprint density at radius 2 is 1.95 bits per heavy atom. The third kappa shape index (κ3) is 8.03. The van der Waals surface area contributed by atoms with Crippen molar-refractivity contribution in [2.24, 2.45) is 5.92 Å². The molecule has 2 heterocycles. The molecule has 2 amide bonds. The number of benzene rings is 1. The number of rotatable bonds is 11. The molecule has 0 bridgehead atoms. The van der Waals surface area contributed by atoms with Crippen LogP contribution in [-0.2, 0) is 0 Å². The number of carbonyl (C=O) groups is 2. The Morgan fingerprint density at radius 3 is 2.68 bits per heavy atom. The molecule has 1 aliphatic carbocycles. The molecule has 1 atom stereocenters. The smallest absolute Gasteiger partial charge is 0.279 e. The van der Waals surface area contributed by atoms with Crippen LogP contribution in [0.5, 0.6) is 16.7 Å². The van der Waals surface area contributed by atoms with Gasteiger partial charge in [0.2, 0.25) is 0 Å². The fourth-order valence-corrected chi connectivity index (χ4v) is 4.15. The molecule has 3 aromatic rings. The van der Waals surface area contributed by atoms with Crippen LogP contribution in [0.1, 0.15) is 59.3 Å². The van der Waals surface area contributed by atoms with E-state index in [2.05, 4.69) is 20.6 Å². The van der Waals surface area contributed by atoms with Gasteiger partial charge in [0, 0.05) is 36.1 Å². The zero-order valence-electron chi connectivity index (χ0n) is 20.9. The van der Waals surface area contributed by atoms with E-state index < -0.39 is 0 Å². The van der Waals surface area contributed by atoms with Gasteiger partial charge in [-0.25, -0.2) is 4.98 Å². The number of amides is 2. The molecule has 0 aliphatic heterocycles. The molecule has 0 saturated heterocycles. The van der Waals surface area contributed by atoms with Crippen molar-refractivity contribution in [1.29, 1.82) is 0 Å². The minimum absolute atomic E-state index is 0.0247. The van der Waals surface area contributed by atoms with Gasteiger partial charge in [-0.05, 0) is 69.9 Å². The number of hydrogen-bond acceptors (Lipinski definition) is 7. The first-order valence-corrected chi connectivity index (χ1v) is 13.3. The predicted molar refractivity (Wildman–Crippen MR) is 145 cm³/mol. The first kappa shape index (κ1) is 26.6. The second-order valence-electron chi connectivity index (χ2n) is 9.16. The number of halogens is 1. The van der Waals surface area contributed by atoms with Crippen LogP contribution in [0.15, 0.2) is 48.8 Å². The molecule has 1 saturated carbocycles. The lowest BCUT2D eigenvalue weighted by molar-refractivity contribution is 0.0938. The van der Waals surface area contributed by atoms with E-state index in [1.807, 2.05) is 39.0 Å². The number of nitrogens with zero attached hydrogens (tertiary/aromatic N) is 2. The number of carbonyl (C=O) groups excluding carboxylic acids is 2. The van der Waals surface area contributed by atoms with Gasteiger partial charge in [0.1, 0.15) is 17.2 Å². The molecule has 1 fully saturated rings. The normalized spacial score (nSPS) is 14.0. The molecule has 2 aromatic heterocycles. The zero-order chi connectivity index (χ0) is 26.4. The van der Waals surface area contributed by atoms with E-state index in [-0.39, 0.29) is 29.6 Å². The number of aromatic nitrogens is 2. The molecule has 1 aromatic carbocycles. The van der Waals surface area contributed by atoms with Crippen molar-refractivity contribution in [1.82, 2.24) is 20.6 Å². The Bertz CT molecular complexity index is 1290. The van der Waals surface area contributed by atoms with E-state index in [1.165, 1.54) is 36.4 Å². The van der Waals surface area contributed by atoms with Crippen LogP contribution in [0.4, 0.5) is 0 Å². The summed E-state index contributed by atoms with van der Waals surface area (Å²) in [6.07, 6.45) is 9.30. The van der Waals surface area contributed by atoms with E-state index in [1.54, 1.807) is 24.4 Å². The maximum atomic E-state index is 12.6. The fourth-order valence-electron chi connectivity index (χ4n) is 3.25. The minimum atomic E-state index is -0.319. The molecular weight excluding hydrogens is 512 g/mol. The summed E-state index contributed by atoms with van der Waals surface area (Å²) in [7, 11) is 0. The Kier molecular flexibility index (Phi) is 8.78. The average molecular weight is 541 g/mol. The molecule has 194 valence electrons. The van der Waals surface area contributed by atoms with Crippen molar-refractivity contribution < 1.29 is 19.1 Å². The molecule has 2 N–H and O–H groups in total. The molecule has 1 aliphatic rings. The maximum Gasteiger partial charge on any atom is 0.279 e. The third-order valence-corrected chi connectivity index (χ3v) is 6.50. The molecular formula is C27H29ClN4O4S. The van der Waals surface area contributed by atoms with Crippen LogP contribution >= 0.6 is 22.9 Å². The van der Waals surface area contributed by atoms with Crippen molar-refractivity contribution in [2.45, 2.75) is 45.7 Å². The van der Waals surface area contributed by atoms with Crippen LogP contribution in [0.25, 0.3) is 6.08 Å². The van der Waals surface area contributed by atoms with Crippen molar-refractivity contribution in [3.8, 4) is 16.7 Å². The summed E-state index contributed by atoms with van der Waals surface area (Å²) < 4.78 is 11.6. The second-order valence-corrected chi connectivity index (χ2v) is 10.6. The van der Waals surface area contributed by atoms with Crippen LogP contribution in [0, 0.1) is 5.92 Å². The van der Waals surface area contributed by atoms with Crippen molar-refractivity contribution in [2.75, 3.05) is 6.61 Å². The van der Waals surface area contributed by atoms with Gasteiger partial charge in [0.15, 0.2) is 0 Å². The summed E-state index contributed by atoms with van der Waals surface area (Å²) in [5.41, 5.74) is 0.556. The highest BCUT2D eigenvalue weighted by atomic mass is 35.5. The van der Waals surface area contributed by atoms with Gasteiger partial charge < -0.3 is 20.1 Å². The highest BCUT2D eigenvalue weighted by Crippen LogP contribution is 2.35. The third-order valence-electron chi connectivity index (χ3n) is 5.37. The van der Waals surface area contributed by atoms with Gasteiger partial charge in [-0.1, -0.05) is 29.0 Å². The minimum Gasteiger partial charge on any atom is -0.493 e. The summed E-state index contributed by atoms with van der Waals surface area (Å²) in [6, 6.07) is 8.12. The molecule has 37 heavy (non-hydrogen) atoms. The van der Waals surface area contributed by atoms with Gasteiger partial charge in [-0.3, -0.25) is 14.6 Å². The second kappa shape index (κ2) is 12.2. The van der Waals surface area contributed by atoms with Crippen LogP contribution in [0.3, 0.4) is 0 Å². The monoisotopic (exact) mass is 540 g/mol. The fraction of sp³-hybridized carbons (Fsp3) is 0.333. The molecule has 0 unspecified atom stereocenters. The summed E-state index contributed by atoms with van der Waals surface area (Å²) in [5.74, 6) is 1.28. The number of ether oxygens (including phenoxy) is 2. The van der Waals surface area contributed by atoms with E-state index in [0.717, 1.165) is 17.2 Å².